The smallest absolute Gasteiger partial charge is 0.328 e. The monoisotopic (exact) mass is 474 g/mol. The number of pyridine rings is 1. The fraction of sp³-hybridized carbons (Fsp3) is 0.440. The maximum Gasteiger partial charge on any atom is 0.328 e. The molecule has 0 saturated carbocycles. The van der Waals surface area contributed by atoms with Gasteiger partial charge in [0.25, 0.3) is 5.91 Å². The zero-order valence-electron chi connectivity index (χ0n) is 20.5. The molecule has 0 radical (unpaired) electrons. The van der Waals surface area contributed by atoms with Crippen molar-refractivity contribution in [2.45, 2.75) is 59.6 Å². The average Bonchev–Trinajstić information content (AvgIpc) is 2.75. The van der Waals surface area contributed by atoms with E-state index in [1.807, 2.05) is 20.8 Å². The van der Waals surface area contributed by atoms with E-state index in [9.17, 15) is 18.8 Å². The number of methoxy groups -OCH3 is 1. The quantitative estimate of drug-likeness (QED) is 0.549. The molecule has 1 N–H and O–H groups in total. The molecule has 2 aromatic rings. The van der Waals surface area contributed by atoms with Gasteiger partial charge in [0.05, 0.1) is 7.11 Å². The number of aryl methyl sites for hydroxylation is 1. The third kappa shape index (κ3) is 6.52. The van der Waals surface area contributed by atoms with Crippen LogP contribution in [0.4, 0.5) is 4.39 Å². The minimum absolute atomic E-state index is 0.0560. The number of hydrogen-bond donors (Lipinski definition) is 1. The lowest BCUT2D eigenvalue weighted by Crippen LogP contribution is -2.42. The molecule has 0 saturated heterocycles. The molecule has 34 heavy (non-hydrogen) atoms. The number of carbonyl (C=O) groups excluding carboxylic acids is 3. The summed E-state index contributed by atoms with van der Waals surface area (Å²) in [5.41, 5.74) is 1.45. The van der Waals surface area contributed by atoms with Crippen LogP contribution in [0.2, 0.25) is 0 Å². The highest BCUT2D eigenvalue weighted by atomic mass is 19.1. The summed E-state index contributed by atoms with van der Waals surface area (Å²) in [6, 6.07) is 4.95. The molecule has 0 aliphatic heterocycles. The molecule has 1 aromatic carbocycles. The lowest BCUT2D eigenvalue weighted by molar-refractivity contribution is -0.151. The fourth-order valence-corrected chi connectivity index (χ4v) is 3.80. The zero-order valence-corrected chi connectivity index (χ0v) is 20.5. The van der Waals surface area contributed by atoms with Gasteiger partial charge in [-0.1, -0.05) is 19.9 Å². The van der Waals surface area contributed by atoms with Crippen molar-refractivity contribution in [1.29, 1.82) is 0 Å². The third-order valence-corrected chi connectivity index (χ3v) is 5.38. The van der Waals surface area contributed by atoms with Crippen molar-refractivity contribution in [3.8, 4) is 11.5 Å². The first kappa shape index (κ1) is 26.8. The van der Waals surface area contributed by atoms with Crippen LogP contribution in [0.1, 0.15) is 62.2 Å². The molecule has 184 valence electrons. The summed E-state index contributed by atoms with van der Waals surface area (Å²) in [7, 11) is 1.36. The first-order chi connectivity index (χ1) is 16.0. The van der Waals surface area contributed by atoms with E-state index < -0.39 is 30.0 Å². The van der Waals surface area contributed by atoms with Gasteiger partial charge in [-0.25, -0.2) is 14.2 Å². The maximum atomic E-state index is 13.9. The van der Waals surface area contributed by atoms with Gasteiger partial charge in [0.2, 0.25) is 5.75 Å². The molecule has 1 heterocycles. The molecule has 0 spiro atoms. The molecule has 2 rings (SSSR count). The summed E-state index contributed by atoms with van der Waals surface area (Å²) in [5.74, 6) is -2.63. The molecule has 0 unspecified atom stereocenters. The number of hydrogen-bond acceptors (Lipinski definition) is 7. The van der Waals surface area contributed by atoms with Crippen LogP contribution >= 0.6 is 0 Å². The minimum Gasteiger partial charge on any atom is -0.493 e. The number of ether oxygens (including phenoxy) is 3. The summed E-state index contributed by atoms with van der Waals surface area (Å²) in [6.07, 6.45) is 0.735. The summed E-state index contributed by atoms with van der Waals surface area (Å²) in [5, 5.41) is 2.51. The van der Waals surface area contributed by atoms with Gasteiger partial charge in [0.15, 0.2) is 11.4 Å². The van der Waals surface area contributed by atoms with Gasteiger partial charge in [-0.3, -0.25) is 9.59 Å². The van der Waals surface area contributed by atoms with Crippen LogP contribution in [0.25, 0.3) is 0 Å². The largest absolute Gasteiger partial charge is 0.493 e. The molecule has 0 aliphatic carbocycles. The van der Waals surface area contributed by atoms with E-state index in [1.54, 1.807) is 13.0 Å². The Kier molecular flexibility index (Phi) is 9.11. The number of nitrogens with zero attached hydrogens (tertiary/aromatic N) is 1. The Bertz CT molecular complexity index is 1060. The van der Waals surface area contributed by atoms with E-state index in [0.29, 0.717) is 0 Å². The van der Waals surface area contributed by atoms with Gasteiger partial charge in [0, 0.05) is 25.1 Å². The Morgan fingerprint density at radius 2 is 1.76 bits per heavy atom. The lowest BCUT2D eigenvalue weighted by atomic mass is 9.82. The van der Waals surface area contributed by atoms with Crippen LogP contribution in [0.3, 0.4) is 0 Å². The van der Waals surface area contributed by atoms with Crippen LogP contribution in [0.15, 0.2) is 30.5 Å². The van der Waals surface area contributed by atoms with Crippen molar-refractivity contribution in [2.75, 3.05) is 7.11 Å². The zero-order chi connectivity index (χ0) is 25.6. The van der Waals surface area contributed by atoms with Crippen LogP contribution in [0, 0.1) is 18.7 Å². The molecule has 9 heteroatoms. The van der Waals surface area contributed by atoms with Gasteiger partial charge >= 0.3 is 11.9 Å². The summed E-state index contributed by atoms with van der Waals surface area (Å²) in [4.78, 5) is 41.0. The summed E-state index contributed by atoms with van der Waals surface area (Å²) in [6.45, 7) is 10.2. The Morgan fingerprint density at radius 1 is 1.09 bits per heavy atom. The number of nitrogens with one attached hydrogen (secondary N) is 1. The van der Waals surface area contributed by atoms with E-state index in [2.05, 4.69) is 10.3 Å². The molecule has 1 aromatic heterocycles. The first-order valence-electron chi connectivity index (χ1n) is 10.9. The number of aromatic nitrogens is 1. The topological polar surface area (TPSA) is 104 Å². The van der Waals surface area contributed by atoms with Gasteiger partial charge in [-0.2, -0.15) is 0 Å². The van der Waals surface area contributed by atoms with Crippen LogP contribution in [-0.2, 0) is 14.3 Å². The van der Waals surface area contributed by atoms with Gasteiger partial charge in [0.1, 0.15) is 18.0 Å². The Morgan fingerprint density at radius 3 is 2.35 bits per heavy atom. The van der Waals surface area contributed by atoms with Crippen molar-refractivity contribution in [2.24, 2.45) is 5.92 Å². The van der Waals surface area contributed by atoms with Crippen molar-refractivity contribution in [1.82, 2.24) is 10.3 Å². The Balaban J connectivity index is 2.17. The van der Waals surface area contributed by atoms with Gasteiger partial charge in [-0.15, -0.1) is 0 Å². The highest BCUT2D eigenvalue weighted by Gasteiger charge is 2.30. The molecular weight excluding hydrogens is 443 g/mol. The number of carbonyl (C=O) groups is 3. The summed E-state index contributed by atoms with van der Waals surface area (Å²) < 4.78 is 29.8. The van der Waals surface area contributed by atoms with E-state index in [4.69, 9.17) is 14.2 Å². The molecule has 0 bridgehead atoms. The molecule has 0 aliphatic rings. The highest BCUT2D eigenvalue weighted by molar-refractivity contribution is 5.98. The second kappa shape index (κ2) is 11.6. The maximum absolute atomic E-state index is 13.9. The van der Waals surface area contributed by atoms with E-state index in [1.165, 1.54) is 45.4 Å². The molecule has 0 fully saturated rings. The molecule has 8 nitrogen and oxygen atoms in total. The Hall–Kier alpha value is -3.49. The van der Waals surface area contributed by atoms with Crippen molar-refractivity contribution in [3.63, 3.8) is 0 Å². The van der Waals surface area contributed by atoms with E-state index in [-0.39, 0.29) is 34.8 Å². The Labute approximate surface area is 198 Å². The predicted octanol–water partition coefficient (Wildman–Crippen LogP) is 3.95. The molecule has 3 atom stereocenters. The number of benzene rings is 1. The van der Waals surface area contributed by atoms with Crippen LogP contribution < -0.4 is 14.8 Å². The van der Waals surface area contributed by atoms with Crippen molar-refractivity contribution in [3.05, 3.63) is 53.1 Å². The number of rotatable bonds is 9. The third-order valence-electron chi connectivity index (χ3n) is 5.38. The molecular formula is C25H31FN2O6. The van der Waals surface area contributed by atoms with Gasteiger partial charge < -0.3 is 19.5 Å². The van der Waals surface area contributed by atoms with Crippen LogP contribution in [0.5, 0.6) is 11.5 Å². The SMILES string of the molecule is COc1ccnc(C(=O)N[C@@H](C)C(=O)O[C@@H](C)[C@H](c2cc(F)ccc2C)C(C)C)c1OC(C)=O. The highest BCUT2D eigenvalue weighted by Crippen LogP contribution is 2.33. The minimum atomic E-state index is -1.03. The average molecular weight is 475 g/mol. The van der Waals surface area contributed by atoms with E-state index >= 15 is 0 Å². The fourth-order valence-electron chi connectivity index (χ4n) is 3.80. The van der Waals surface area contributed by atoms with Crippen molar-refractivity contribution >= 4 is 17.8 Å². The predicted molar refractivity (Wildman–Crippen MR) is 123 cm³/mol. The number of esters is 2. The number of halogens is 1. The standard InChI is InChI=1S/C25H31FN2O6/c1-13(2)21(19-12-18(26)9-8-14(19)3)16(5)33-25(31)15(4)28-24(30)22-23(34-17(6)29)20(32-7)10-11-27-22/h8-13,15-16,21H,1-7H3,(H,28,30)/t15-,16-,21+/m0/s1. The molecule has 1 amide bonds. The second-order valence-electron chi connectivity index (χ2n) is 8.39. The first-order valence-corrected chi connectivity index (χ1v) is 10.9. The normalized spacial score (nSPS) is 13.6. The van der Waals surface area contributed by atoms with Gasteiger partial charge in [-0.05, 0) is 49.9 Å². The van der Waals surface area contributed by atoms with E-state index in [0.717, 1.165) is 11.1 Å². The second-order valence-corrected chi connectivity index (χ2v) is 8.39. The van der Waals surface area contributed by atoms with Crippen molar-refractivity contribution < 1.29 is 33.0 Å². The van der Waals surface area contributed by atoms with Crippen LogP contribution in [-0.4, -0.2) is 42.1 Å². The lowest BCUT2D eigenvalue weighted by Gasteiger charge is -2.30. The summed E-state index contributed by atoms with van der Waals surface area (Å²) >= 11 is 0. The number of amides is 1.